The monoisotopic (exact) mass is 637 g/mol. The number of carbonyl (C=O) groups excluding carboxylic acids is 4. The zero-order valence-electron chi connectivity index (χ0n) is 26.1. The summed E-state index contributed by atoms with van der Waals surface area (Å²) >= 11 is 0. The van der Waals surface area contributed by atoms with Gasteiger partial charge in [-0.15, -0.1) is 0 Å². The van der Waals surface area contributed by atoms with Crippen molar-refractivity contribution in [1.82, 2.24) is 4.90 Å². The van der Waals surface area contributed by atoms with Crippen LogP contribution in [0, 0.1) is 5.92 Å². The molecule has 10 nitrogen and oxygen atoms in total. The van der Waals surface area contributed by atoms with Crippen molar-refractivity contribution >= 4 is 43.5 Å². The quantitative estimate of drug-likeness (QED) is 0.201. The van der Waals surface area contributed by atoms with Gasteiger partial charge in [0.1, 0.15) is 0 Å². The molecule has 6 rings (SSSR count). The number of aliphatic hydroxyl groups is 1. The summed E-state index contributed by atoms with van der Waals surface area (Å²) in [7, 11) is -3.53. The maximum absolute atomic E-state index is 16.3. The lowest BCUT2D eigenvalue weighted by Gasteiger charge is -2.39. The number of amides is 3. The number of hydrogen-bond acceptors (Lipinski definition) is 7. The summed E-state index contributed by atoms with van der Waals surface area (Å²) in [6.07, 6.45) is -0.203. The van der Waals surface area contributed by atoms with Gasteiger partial charge in [0.05, 0.1) is 43.8 Å². The molecule has 45 heavy (non-hydrogen) atoms. The standard InChI is InChI=1S/C33H40FN3O7Si/c1-20-31(45(3,4)34)27(16-28(40)35-14-8-11-24(35)19-38)44-33(20)25-15-23(37-29(41)17-30(37)43-21(2)39)12-13-26(25)36(32(33)42)18-22-9-6-5-7-10-22/h5-7,9-10,12-13,15,20,24,27,30-31,38H,8,11,14,16-19H2,1-4H3/t20-,24-,27+,30?,31-,33+/m0/s1. The number of ether oxygens (including phenoxy) is 2. The number of fused-ring (bicyclic) bond motifs is 2. The Morgan fingerprint density at radius 1 is 1.16 bits per heavy atom. The van der Waals surface area contributed by atoms with Crippen molar-refractivity contribution in [3.05, 3.63) is 59.7 Å². The Bertz CT molecular complexity index is 1520. The van der Waals surface area contributed by atoms with E-state index in [0.29, 0.717) is 29.9 Å². The van der Waals surface area contributed by atoms with Gasteiger partial charge in [0, 0.05) is 36.2 Å². The number of halogens is 1. The van der Waals surface area contributed by atoms with E-state index < -0.39 is 43.8 Å². The normalized spacial score (nSPS) is 29.4. The number of rotatable bonds is 8. The minimum atomic E-state index is -3.53. The first-order chi connectivity index (χ1) is 21.4. The first-order valence-electron chi connectivity index (χ1n) is 15.6. The highest BCUT2D eigenvalue weighted by atomic mass is 28.4. The molecule has 1 N–H and O–H groups in total. The fourth-order valence-electron chi connectivity index (χ4n) is 7.93. The minimum Gasteiger partial charge on any atom is -0.441 e. The number of β-lactam (4-membered cyclic amide) rings is 1. The van der Waals surface area contributed by atoms with E-state index in [1.807, 2.05) is 37.3 Å². The van der Waals surface area contributed by atoms with Gasteiger partial charge < -0.3 is 28.5 Å². The number of hydrogen-bond donors (Lipinski definition) is 1. The van der Waals surface area contributed by atoms with Gasteiger partial charge in [-0.3, -0.25) is 24.1 Å². The van der Waals surface area contributed by atoms with Gasteiger partial charge in [-0.1, -0.05) is 37.3 Å². The number of carbonyl (C=O) groups is 4. The molecule has 3 amide bonds. The maximum Gasteiger partial charge on any atom is 0.304 e. The number of esters is 1. The van der Waals surface area contributed by atoms with Crippen LogP contribution in [-0.2, 0) is 40.8 Å². The summed E-state index contributed by atoms with van der Waals surface area (Å²) in [4.78, 5) is 57.4. The average molecular weight is 638 g/mol. The Morgan fingerprint density at radius 2 is 1.89 bits per heavy atom. The summed E-state index contributed by atoms with van der Waals surface area (Å²) in [5, 5.41) is 9.83. The van der Waals surface area contributed by atoms with Crippen LogP contribution in [0.2, 0.25) is 18.6 Å². The zero-order valence-corrected chi connectivity index (χ0v) is 27.1. The lowest BCUT2D eigenvalue weighted by atomic mass is 9.82. The van der Waals surface area contributed by atoms with Crippen molar-refractivity contribution in [3.63, 3.8) is 0 Å². The van der Waals surface area contributed by atoms with E-state index in [9.17, 15) is 24.3 Å². The zero-order chi connectivity index (χ0) is 32.3. The molecule has 4 heterocycles. The summed E-state index contributed by atoms with van der Waals surface area (Å²) < 4.78 is 28.4. The van der Waals surface area contributed by atoms with Gasteiger partial charge >= 0.3 is 5.97 Å². The van der Waals surface area contributed by atoms with E-state index >= 15 is 4.11 Å². The third-order valence-corrected chi connectivity index (χ3v) is 12.4. The number of benzene rings is 2. The summed E-state index contributed by atoms with van der Waals surface area (Å²) in [6.45, 7) is 6.90. The Kier molecular flexibility index (Phi) is 8.11. The van der Waals surface area contributed by atoms with E-state index in [2.05, 4.69) is 0 Å². The molecule has 2 aromatic carbocycles. The van der Waals surface area contributed by atoms with Gasteiger partial charge in [-0.2, -0.15) is 0 Å². The molecule has 0 radical (unpaired) electrons. The second-order valence-electron chi connectivity index (χ2n) is 13.2. The molecule has 0 bridgehead atoms. The Hall–Kier alpha value is -3.61. The highest BCUT2D eigenvalue weighted by molar-refractivity contribution is 6.72. The van der Waals surface area contributed by atoms with Crippen LogP contribution in [0.5, 0.6) is 0 Å². The lowest BCUT2D eigenvalue weighted by Crippen LogP contribution is -2.55. The van der Waals surface area contributed by atoms with Gasteiger partial charge in [0.25, 0.3) is 5.91 Å². The van der Waals surface area contributed by atoms with Crippen LogP contribution >= 0.6 is 0 Å². The predicted octanol–water partition coefficient (Wildman–Crippen LogP) is 4.01. The number of anilines is 2. The van der Waals surface area contributed by atoms with Gasteiger partial charge in [-0.25, -0.2) is 0 Å². The van der Waals surface area contributed by atoms with Crippen LogP contribution < -0.4 is 9.80 Å². The fraction of sp³-hybridized carbons (Fsp3) is 0.515. The molecular weight excluding hydrogens is 597 g/mol. The fourth-order valence-corrected chi connectivity index (χ4v) is 10.4. The molecule has 4 aliphatic rings. The first kappa shape index (κ1) is 31.4. The Labute approximate surface area is 263 Å². The minimum absolute atomic E-state index is 0.0486. The van der Waals surface area contributed by atoms with Crippen LogP contribution in [-0.4, -0.2) is 73.6 Å². The van der Waals surface area contributed by atoms with E-state index in [0.717, 1.165) is 12.0 Å². The molecule has 3 saturated heterocycles. The van der Waals surface area contributed by atoms with Crippen LogP contribution in [0.4, 0.5) is 15.5 Å². The Morgan fingerprint density at radius 3 is 2.53 bits per heavy atom. The van der Waals surface area contributed by atoms with Crippen molar-refractivity contribution in [1.29, 1.82) is 0 Å². The second kappa shape index (κ2) is 11.6. The third-order valence-electron chi connectivity index (χ3n) is 9.90. The summed E-state index contributed by atoms with van der Waals surface area (Å²) in [5.41, 5.74) is 0.134. The van der Waals surface area contributed by atoms with E-state index in [-0.39, 0.29) is 49.8 Å². The second-order valence-corrected chi connectivity index (χ2v) is 16.9. The molecule has 0 aliphatic carbocycles. The predicted molar refractivity (Wildman–Crippen MR) is 166 cm³/mol. The van der Waals surface area contributed by atoms with Crippen LogP contribution in [0.25, 0.3) is 0 Å². The number of likely N-dealkylation sites (tertiary alicyclic amines) is 1. The van der Waals surface area contributed by atoms with Crippen molar-refractivity contribution in [3.8, 4) is 0 Å². The third kappa shape index (κ3) is 5.26. The number of aliphatic hydroxyl groups excluding tert-OH is 1. The van der Waals surface area contributed by atoms with Gasteiger partial charge in [-0.05, 0) is 49.7 Å². The van der Waals surface area contributed by atoms with Crippen molar-refractivity contribution in [2.45, 2.75) is 88.7 Å². The number of nitrogens with zero attached hydrogens (tertiary/aromatic N) is 3. The maximum atomic E-state index is 16.3. The SMILES string of the molecule is CC(=O)OC1CC(=O)N1c1ccc2c(c1)[C@@]1(O[C@H](CC(=O)N3CCC[C@H]3CO)[C@@H]([Si](C)(C)F)[C@@H]1C)C(=O)N2Cc1ccccc1. The molecule has 0 saturated carbocycles. The topological polar surface area (TPSA) is 117 Å². The average Bonchev–Trinajstić information content (AvgIpc) is 3.63. The van der Waals surface area contributed by atoms with Crippen molar-refractivity contribution in [2.24, 2.45) is 5.92 Å². The van der Waals surface area contributed by atoms with Crippen LogP contribution in [0.15, 0.2) is 48.5 Å². The molecule has 0 aromatic heterocycles. The highest BCUT2D eigenvalue weighted by Crippen LogP contribution is 2.61. The smallest absolute Gasteiger partial charge is 0.304 e. The molecule has 1 unspecified atom stereocenters. The highest BCUT2D eigenvalue weighted by Gasteiger charge is 2.67. The Balaban J connectivity index is 1.43. The van der Waals surface area contributed by atoms with Crippen molar-refractivity contribution < 1.29 is 37.9 Å². The summed E-state index contributed by atoms with van der Waals surface area (Å²) in [5.74, 6) is -1.94. The molecule has 4 aliphatic heterocycles. The largest absolute Gasteiger partial charge is 0.441 e. The lowest BCUT2D eigenvalue weighted by molar-refractivity contribution is -0.154. The van der Waals surface area contributed by atoms with Crippen molar-refractivity contribution in [2.75, 3.05) is 23.0 Å². The molecular formula is C33H40FN3O7Si. The molecule has 6 atom stereocenters. The van der Waals surface area contributed by atoms with E-state index in [1.54, 1.807) is 41.1 Å². The summed E-state index contributed by atoms with van der Waals surface area (Å²) in [6, 6.07) is 14.4. The molecule has 1 spiro atoms. The van der Waals surface area contributed by atoms with Gasteiger partial charge in [0.2, 0.25) is 20.2 Å². The van der Waals surface area contributed by atoms with Gasteiger partial charge in [0.15, 0.2) is 11.8 Å². The first-order valence-corrected chi connectivity index (χ1v) is 18.6. The molecule has 12 heteroatoms. The molecule has 3 fully saturated rings. The van der Waals surface area contributed by atoms with Crippen LogP contribution in [0.1, 0.15) is 50.7 Å². The molecule has 2 aromatic rings. The molecule has 240 valence electrons. The van der Waals surface area contributed by atoms with Crippen LogP contribution in [0.3, 0.4) is 0 Å². The van der Waals surface area contributed by atoms with E-state index in [4.69, 9.17) is 9.47 Å². The van der Waals surface area contributed by atoms with E-state index in [1.165, 1.54) is 11.8 Å².